The van der Waals surface area contributed by atoms with E-state index in [-0.39, 0.29) is 0 Å². The van der Waals surface area contributed by atoms with Crippen molar-refractivity contribution in [1.82, 2.24) is 9.78 Å². The van der Waals surface area contributed by atoms with Crippen LogP contribution < -0.4 is 31.8 Å². The Labute approximate surface area is 318 Å². The van der Waals surface area contributed by atoms with Gasteiger partial charge in [0, 0.05) is 0 Å². The molecule has 6 aromatic carbocycles. The van der Waals surface area contributed by atoms with Crippen LogP contribution in [0.3, 0.4) is 0 Å². The number of benzene rings is 6. The van der Waals surface area contributed by atoms with Gasteiger partial charge in [0.1, 0.15) is 0 Å². The Hall–Kier alpha value is -3.91. The van der Waals surface area contributed by atoms with Crippen LogP contribution in [0.2, 0.25) is 0 Å². The first-order chi connectivity index (χ1) is 24.7. The number of halogens is 2. The molecule has 0 atom stereocenters. The van der Waals surface area contributed by atoms with Gasteiger partial charge in [-0.25, -0.2) is 0 Å². The molecule has 0 radical (unpaired) electrons. The van der Waals surface area contributed by atoms with E-state index in [1.54, 1.807) is 0 Å². The first-order valence-electron chi connectivity index (χ1n) is 17.3. The van der Waals surface area contributed by atoms with Crippen molar-refractivity contribution in [2.24, 2.45) is 0 Å². The second kappa shape index (κ2) is 14.3. The molecule has 7 rings (SSSR count). The summed E-state index contributed by atoms with van der Waals surface area (Å²) in [6, 6.07) is 68.4. The van der Waals surface area contributed by atoms with Gasteiger partial charge in [-0.05, 0) is 0 Å². The maximum absolute atomic E-state index is 5.20. The third-order valence-electron chi connectivity index (χ3n) is 10.1. The number of aryl methyl sites for hydroxylation is 2. The zero-order valence-electron chi connectivity index (χ0n) is 28.9. The molecule has 7 aromatic rings. The third-order valence-corrected chi connectivity index (χ3v) is 29.1. The zero-order valence-corrected chi connectivity index (χ0v) is 33.9. The van der Waals surface area contributed by atoms with Crippen molar-refractivity contribution in [3.63, 3.8) is 0 Å². The van der Waals surface area contributed by atoms with Crippen LogP contribution in [0.1, 0.15) is 17.8 Å². The first kappa shape index (κ1) is 35.5. The predicted molar refractivity (Wildman–Crippen MR) is 234 cm³/mol. The second-order valence-electron chi connectivity index (χ2n) is 13.2. The number of nitrogens with zero attached hydrogens (tertiary/aromatic N) is 2. The summed E-state index contributed by atoms with van der Waals surface area (Å²) in [4.78, 5) is 0. The molecule has 0 spiro atoms. The Balaban J connectivity index is 1.57. The molecule has 0 fully saturated rings. The van der Waals surface area contributed by atoms with Gasteiger partial charge in [0.05, 0.1) is 0 Å². The van der Waals surface area contributed by atoms with Crippen LogP contribution >= 0.6 is 41.6 Å². The molecular formula is C45H42Br2N2P2. The molecule has 1 heterocycles. The molecule has 0 bridgehead atoms. The summed E-state index contributed by atoms with van der Waals surface area (Å²) >= 11 is 9.47. The quantitative estimate of drug-likeness (QED) is 0.119. The minimum atomic E-state index is -3.49. The summed E-state index contributed by atoms with van der Waals surface area (Å²) in [5, 5.41) is 6.08. The van der Waals surface area contributed by atoms with Gasteiger partial charge in [0.25, 0.3) is 0 Å². The molecule has 0 amide bonds. The van der Waals surface area contributed by atoms with Crippen molar-refractivity contribution in [1.29, 1.82) is 0 Å². The van der Waals surface area contributed by atoms with E-state index in [2.05, 4.69) is 212 Å². The summed E-state index contributed by atoms with van der Waals surface area (Å²) in [5.74, 6) is 2.57. The molecule has 1 aromatic heterocycles. The Morgan fingerprint density at radius 1 is 0.510 bits per heavy atom. The van der Waals surface area contributed by atoms with E-state index in [0.717, 1.165) is 29.7 Å². The van der Waals surface area contributed by atoms with Crippen molar-refractivity contribution >= 4 is 79.1 Å². The summed E-state index contributed by atoms with van der Waals surface area (Å²) in [6.45, 7) is 4.26. The average Bonchev–Trinajstić information content (AvgIpc) is 3.55. The SMILES string of the molecule is Cc1cc(C)n(C(=CP(Br)(c2ccccc2)(c2ccccc2)c2ccccc2)CCP(Br)(c2ccccc2)(c2ccccc2)c2ccccc2)n1. The number of hydrogen-bond acceptors (Lipinski definition) is 1. The van der Waals surface area contributed by atoms with Crippen molar-refractivity contribution in [2.75, 3.05) is 6.16 Å². The fourth-order valence-electron chi connectivity index (χ4n) is 7.63. The van der Waals surface area contributed by atoms with Crippen LogP contribution in [0, 0.1) is 13.8 Å². The molecule has 0 unspecified atom stereocenters. The molecule has 0 aliphatic heterocycles. The van der Waals surface area contributed by atoms with Gasteiger partial charge >= 0.3 is 321 Å². The molecule has 2 nitrogen and oxygen atoms in total. The van der Waals surface area contributed by atoms with E-state index >= 15 is 0 Å². The topological polar surface area (TPSA) is 17.8 Å². The number of hydrogen-bond donors (Lipinski definition) is 0. The second-order valence-corrected chi connectivity index (χ2v) is 30.6. The van der Waals surface area contributed by atoms with Crippen molar-refractivity contribution < 1.29 is 0 Å². The number of rotatable bonds is 11. The van der Waals surface area contributed by atoms with Gasteiger partial charge in [-0.1, -0.05) is 0 Å². The Kier molecular flexibility index (Phi) is 9.92. The molecule has 0 saturated heterocycles. The van der Waals surface area contributed by atoms with Gasteiger partial charge in [-0.3, -0.25) is 0 Å². The maximum atomic E-state index is 5.20. The molecule has 0 saturated carbocycles. The summed E-state index contributed by atoms with van der Waals surface area (Å²) < 4.78 is 2.20. The molecule has 0 aliphatic carbocycles. The Morgan fingerprint density at radius 2 is 0.824 bits per heavy atom. The predicted octanol–water partition coefficient (Wildman–Crippen LogP) is 10.4. The molecule has 51 heavy (non-hydrogen) atoms. The van der Waals surface area contributed by atoms with E-state index < -0.39 is 10.6 Å². The fourth-order valence-corrected chi connectivity index (χ4v) is 22.2. The van der Waals surface area contributed by atoms with Crippen LogP contribution in [-0.4, -0.2) is 15.9 Å². The first-order valence-corrected chi connectivity index (χ1v) is 26.1. The average molecular weight is 833 g/mol. The molecule has 0 N–H and O–H groups in total. The van der Waals surface area contributed by atoms with Crippen LogP contribution in [0.5, 0.6) is 0 Å². The molecule has 0 aliphatic rings. The van der Waals surface area contributed by atoms with Crippen molar-refractivity contribution in [3.8, 4) is 0 Å². The van der Waals surface area contributed by atoms with Crippen LogP contribution in [0.4, 0.5) is 0 Å². The van der Waals surface area contributed by atoms with Gasteiger partial charge in [-0.15, -0.1) is 0 Å². The van der Waals surface area contributed by atoms with E-state index in [4.69, 9.17) is 36.1 Å². The number of aromatic nitrogens is 2. The van der Waals surface area contributed by atoms with Gasteiger partial charge in [-0.2, -0.15) is 0 Å². The van der Waals surface area contributed by atoms with Gasteiger partial charge < -0.3 is 0 Å². The van der Waals surface area contributed by atoms with E-state index in [0.29, 0.717) is 0 Å². The van der Waals surface area contributed by atoms with E-state index in [1.165, 1.54) is 31.8 Å². The Bertz CT molecular complexity index is 2060. The standard InChI is InChI=1S/C45H42Br2N2P2/c1-37-35-38(2)49(48-37)39(36-51(47,43-27-15-6-16-28-43,44-29-17-7-18-30-44)45-31-19-8-20-32-45)33-34-50(46,40-21-9-3-10-22-40,41-23-11-4-12-24-41)42-25-13-5-14-26-42/h3-32,35-36H,33-34H2,1-2H3. The van der Waals surface area contributed by atoms with E-state index in [9.17, 15) is 0 Å². The van der Waals surface area contributed by atoms with Crippen molar-refractivity contribution in [2.45, 2.75) is 20.3 Å². The zero-order chi connectivity index (χ0) is 35.4. The minimum absolute atomic E-state index is 0.750. The van der Waals surface area contributed by atoms with E-state index in [1.807, 2.05) is 0 Å². The van der Waals surface area contributed by atoms with Gasteiger partial charge in [0.2, 0.25) is 0 Å². The normalized spacial score (nSPS) is 13.8. The van der Waals surface area contributed by atoms with Crippen LogP contribution in [0.15, 0.2) is 194 Å². The third kappa shape index (κ3) is 6.11. The van der Waals surface area contributed by atoms with Crippen molar-refractivity contribution in [3.05, 3.63) is 205 Å². The number of allylic oxidation sites excluding steroid dienone is 1. The molecule has 6 heteroatoms. The Morgan fingerprint density at radius 3 is 1.12 bits per heavy atom. The van der Waals surface area contributed by atoms with Crippen LogP contribution in [-0.2, 0) is 0 Å². The molecular weight excluding hydrogens is 790 g/mol. The van der Waals surface area contributed by atoms with Crippen LogP contribution in [0.25, 0.3) is 5.70 Å². The summed E-state index contributed by atoms with van der Waals surface area (Å²) in [5.41, 5.74) is 3.26. The summed E-state index contributed by atoms with van der Waals surface area (Å²) in [7, 11) is 0. The van der Waals surface area contributed by atoms with Gasteiger partial charge in [0.15, 0.2) is 0 Å². The summed E-state index contributed by atoms with van der Waals surface area (Å²) in [6.07, 6.45) is 1.59. The fraction of sp³-hybridized carbons (Fsp3) is 0.0889. The monoisotopic (exact) mass is 830 g/mol. The molecule has 256 valence electrons.